The molecule has 2 aromatic carbocycles. The molecule has 0 saturated heterocycles. The van der Waals surface area contributed by atoms with Gasteiger partial charge in [-0.05, 0) is 30.7 Å². The molecule has 2 aliphatic rings. The number of carbonyl (C=O) groups excluding carboxylic acids is 1. The number of pyridine rings is 1. The lowest BCUT2D eigenvalue weighted by Crippen LogP contribution is -2.50. The maximum atomic E-state index is 13.1. The predicted octanol–water partition coefficient (Wildman–Crippen LogP) is 2.47. The molecular weight excluding hydrogens is 394 g/mol. The summed E-state index contributed by atoms with van der Waals surface area (Å²) < 4.78 is 0. The van der Waals surface area contributed by atoms with Crippen LogP contribution in [0.4, 0.5) is 0 Å². The van der Waals surface area contributed by atoms with E-state index >= 15 is 0 Å². The molecule has 1 atom stereocenters. The van der Waals surface area contributed by atoms with E-state index in [1.165, 1.54) is 22.9 Å². The van der Waals surface area contributed by atoms with E-state index in [0.717, 1.165) is 21.9 Å². The first-order chi connectivity index (χ1) is 14.7. The van der Waals surface area contributed by atoms with Crippen LogP contribution in [0.3, 0.4) is 0 Å². The largest absolute Gasteiger partial charge is 0.298 e. The number of para-hydroxylation sites is 1. The van der Waals surface area contributed by atoms with Crippen molar-refractivity contribution >= 4 is 28.5 Å². The van der Waals surface area contributed by atoms with Gasteiger partial charge in [0.05, 0.1) is 5.36 Å². The first-order valence-electron chi connectivity index (χ1n) is 9.64. The number of amidine groups is 1. The fourth-order valence-electron chi connectivity index (χ4n) is 3.48. The standard InChI is InChI=1S/C23H19N5OS/c1-15-6-8-16(9-7-15)14-30-23-26-22(29)20-18-4-2-3-5-19(18)25-21(28(20)27-23)17-10-12-24-13-11-17/h2-13,21H,14H2,1H3,(H,26,27,29)/t21-/m1/s1. The van der Waals surface area contributed by atoms with E-state index in [1.54, 1.807) is 17.4 Å². The van der Waals surface area contributed by atoms with Crippen molar-refractivity contribution in [3.8, 4) is 0 Å². The van der Waals surface area contributed by atoms with E-state index in [1.807, 2.05) is 36.4 Å². The van der Waals surface area contributed by atoms with Gasteiger partial charge >= 0.3 is 0 Å². The molecule has 0 fully saturated rings. The summed E-state index contributed by atoms with van der Waals surface area (Å²) in [6.45, 7) is 2.07. The molecule has 7 heteroatoms. The highest BCUT2D eigenvalue weighted by atomic mass is 32.2. The lowest BCUT2D eigenvalue weighted by atomic mass is 10.1. The monoisotopic (exact) mass is 413 g/mol. The second-order valence-electron chi connectivity index (χ2n) is 7.13. The molecule has 148 valence electrons. The molecule has 3 aromatic rings. The fraction of sp³-hybridized carbons (Fsp3) is 0.130. The second-order valence-corrected chi connectivity index (χ2v) is 8.09. The van der Waals surface area contributed by atoms with Crippen molar-refractivity contribution in [2.45, 2.75) is 18.8 Å². The number of benzene rings is 2. The van der Waals surface area contributed by atoms with E-state index in [0.29, 0.717) is 10.9 Å². The Balaban J connectivity index is 1.54. The average Bonchev–Trinajstić information content (AvgIpc) is 2.78. The Labute approximate surface area is 178 Å². The maximum absolute atomic E-state index is 13.1. The number of aromatic nitrogens is 1. The van der Waals surface area contributed by atoms with Gasteiger partial charge in [0.2, 0.25) is 0 Å². The van der Waals surface area contributed by atoms with E-state index in [9.17, 15) is 4.79 Å². The molecule has 6 nitrogen and oxygen atoms in total. The van der Waals surface area contributed by atoms with Crippen LogP contribution in [0.15, 0.2) is 83.2 Å². The Morgan fingerprint density at radius 2 is 1.80 bits per heavy atom. The number of nitrogens with zero attached hydrogens (tertiary/aromatic N) is 4. The summed E-state index contributed by atoms with van der Waals surface area (Å²) in [5, 5.41) is 11.6. The van der Waals surface area contributed by atoms with E-state index in [4.69, 9.17) is 10.1 Å². The topological polar surface area (TPSA) is 70.0 Å². The number of aryl methyl sites for hydroxylation is 1. The van der Waals surface area contributed by atoms with Gasteiger partial charge in [0.25, 0.3) is 5.91 Å². The molecule has 1 aromatic heterocycles. The minimum atomic E-state index is -0.418. The third-order valence-corrected chi connectivity index (χ3v) is 5.95. The van der Waals surface area contributed by atoms with Gasteiger partial charge in [-0.1, -0.05) is 59.8 Å². The van der Waals surface area contributed by atoms with Crippen LogP contribution in [0.2, 0.25) is 0 Å². The lowest BCUT2D eigenvalue weighted by molar-refractivity contribution is -0.116. The van der Waals surface area contributed by atoms with Gasteiger partial charge in [0.15, 0.2) is 11.3 Å². The van der Waals surface area contributed by atoms with Crippen molar-refractivity contribution in [3.63, 3.8) is 0 Å². The summed E-state index contributed by atoms with van der Waals surface area (Å²) in [4.78, 5) is 22.1. The summed E-state index contributed by atoms with van der Waals surface area (Å²) in [5.74, 6) is 0.550. The van der Waals surface area contributed by atoms with Crippen molar-refractivity contribution < 1.29 is 4.79 Å². The van der Waals surface area contributed by atoms with E-state index in [2.05, 4.69) is 41.5 Å². The minimum absolute atomic E-state index is 0.169. The third kappa shape index (κ3) is 3.48. The summed E-state index contributed by atoms with van der Waals surface area (Å²) in [6, 6.07) is 19.8. The van der Waals surface area contributed by atoms with Gasteiger partial charge in [-0.2, -0.15) is 0 Å². The normalized spacial score (nSPS) is 17.4. The molecule has 0 spiro atoms. The zero-order valence-electron chi connectivity index (χ0n) is 16.3. The molecule has 0 radical (unpaired) electrons. The Morgan fingerprint density at radius 3 is 2.60 bits per heavy atom. The Morgan fingerprint density at radius 1 is 1.03 bits per heavy atom. The van der Waals surface area contributed by atoms with Crippen LogP contribution in [0.1, 0.15) is 22.9 Å². The highest BCUT2D eigenvalue weighted by molar-refractivity contribution is 8.13. The van der Waals surface area contributed by atoms with Gasteiger partial charge in [0.1, 0.15) is 5.70 Å². The van der Waals surface area contributed by atoms with E-state index in [-0.39, 0.29) is 5.91 Å². The van der Waals surface area contributed by atoms with Gasteiger partial charge < -0.3 is 0 Å². The lowest BCUT2D eigenvalue weighted by Gasteiger charge is -2.34. The molecule has 0 saturated carbocycles. The van der Waals surface area contributed by atoms with Gasteiger partial charge in [-0.3, -0.25) is 20.1 Å². The van der Waals surface area contributed by atoms with Crippen LogP contribution in [0.25, 0.3) is 5.70 Å². The van der Waals surface area contributed by atoms with Crippen LogP contribution >= 0.6 is 11.8 Å². The van der Waals surface area contributed by atoms with Crippen molar-refractivity contribution in [1.82, 2.24) is 15.3 Å². The number of nitrogens with one attached hydrogen (secondary N) is 1. The van der Waals surface area contributed by atoms with Gasteiger partial charge in [-0.15, -0.1) is 5.10 Å². The van der Waals surface area contributed by atoms with Crippen LogP contribution in [0.5, 0.6) is 0 Å². The molecular formula is C23H19N5OS. The predicted molar refractivity (Wildman–Crippen MR) is 117 cm³/mol. The number of rotatable bonds is 3. The SMILES string of the molecule is Cc1ccc(CSC2=NN3C(=c4ccccc4=N[C@H]3c3ccncc3)C(=O)N2)cc1. The van der Waals surface area contributed by atoms with E-state index < -0.39 is 6.17 Å². The summed E-state index contributed by atoms with van der Waals surface area (Å²) in [5.41, 5.74) is 3.84. The Kier molecular flexibility index (Phi) is 4.80. The molecule has 1 N–H and O–H groups in total. The highest BCUT2D eigenvalue weighted by Crippen LogP contribution is 2.30. The summed E-state index contributed by atoms with van der Waals surface area (Å²) >= 11 is 1.50. The van der Waals surface area contributed by atoms with Crippen molar-refractivity contribution in [3.05, 3.63) is 100 Å². The molecule has 1 amide bonds. The van der Waals surface area contributed by atoms with Crippen LogP contribution < -0.4 is 15.9 Å². The maximum Gasteiger partial charge on any atom is 0.276 e. The summed E-state index contributed by atoms with van der Waals surface area (Å²) in [7, 11) is 0. The Hall–Kier alpha value is -3.45. The first-order valence-corrected chi connectivity index (χ1v) is 10.6. The second kappa shape index (κ2) is 7.76. The number of amides is 1. The molecule has 2 aliphatic heterocycles. The van der Waals surface area contributed by atoms with Crippen LogP contribution in [-0.4, -0.2) is 21.1 Å². The molecule has 0 bridgehead atoms. The van der Waals surface area contributed by atoms with Crippen LogP contribution in [-0.2, 0) is 10.5 Å². The van der Waals surface area contributed by atoms with Gasteiger partial charge in [-0.25, -0.2) is 5.01 Å². The highest BCUT2D eigenvalue weighted by Gasteiger charge is 2.34. The van der Waals surface area contributed by atoms with Crippen molar-refractivity contribution in [2.24, 2.45) is 10.1 Å². The van der Waals surface area contributed by atoms with Crippen molar-refractivity contribution in [1.29, 1.82) is 0 Å². The van der Waals surface area contributed by atoms with Crippen molar-refractivity contribution in [2.75, 3.05) is 0 Å². The molecule has 5 rings (SSSR count). The quantitative estimate of drug-likeness (QED) is 0.716. The van der Waals surface area contributed by atoms with Gasteiger partial charge in [0, 0.05) is 28.9 Å². The fourth-order valence-corrected chi connectivity index (χ4v) is 4.29. The average molecular weight is 414 g/mol. The number of hydrogen-bond donors (Lipinski definition) is 1. The number of fused-ring (bicyclic) bond motifs is 2. The van der Waals surface area contributed by atoms with Crippen LogP contribution in [0, 0.1) is 6.92 Å². The smallest absolute Gasteiger partial charge is 0.276 e. The molecule has 3 heterocycles. The first kappa shape index (κ1) is 18.6. The number of thioether (sulfide) groups is 1. The molecule has 0 aliphatic carbocycles. The zero-order valence-corrected chi connectivity index (χ0v) is 17.1. The molecule has 0 unspecified atom stereocenters. The Bertz CT molecular complexity index is 1250. The zero-order chi connectivity index (χ0) is 20.5. The summed E-state index contributed by atoms with van der Waals surface area (Å²) in [6.07, 6.45) is 3.04. The molecule has 30 heavy (non-hydrogen) atoms. The third-order valence-electron chi connectivity index (χ3n) is 5.02. The number of hydrazone groups is 1. The number of hydrogen-bond acceptors (Lipinski definition) is 6. The minimum Gasteiger partial charge on any atom is -0.298 e. The number of carbonyl (C=O) groups is 1.